The first-order chi connectivity index (χ1) is 18.7. The van der Waals surface area contributed by atoms with Gasteiger partial charge in [0, 0.05) is 12.6 Å². The number of aliphatic hydroxyl groups is 2. The molecule has 0 aliphatic carbocycles. The van der Waals surface area contributed by atoms with E-state index in [1.54, 1.807) is 16.8 Å². The van der Waals surface area contributed by atoms with Crippen molar-refractivity contribution in [3.05, 3.63) is 35.3 Å². The van der Waals surface area contributed by atoms with Crippen LogP contribution in [-0.2, 0) is 18.6 Å². The van der Waals surface area contributed by atoms with Gasteiger partial charge in [-0.15, -0.1) is 0 Å². The predicted octanol–water partition coefficient (Wildman–Crippen LogP) is 0.165. The van der Waals surface area contributed by atoms with E-state index < -0.39 is 48.6 Å². The van der Waals surface area contributed by atoms with Gasteiger partial charge in [0.25, 0.3) is 12.1 Å². The number of nitrogens with two attached hydrogens (primary N) is 2. The standard InChI is InChI=1S/C21H26N9O7PS/c22-16-10-1-2-29(17(10)25-7-24-16)14-4-11(32)12(37-14)6-35-38(34,39)13-3-9(5-31)36-20(13)30-8-26-15-18(30)27-21(23)28-19(15)33/h1-2,7-9,11-14,20,31-32H,3-6H2,(H,34,39)(H2,22,24,25)(H3,23,27,28,33)/t9?,11-,12?,13+,14+,20+,38+/m0/s1. The van der Waals surface area contributed by atoms with Crippen molar-refractivity contribution in [2.45, 2.75) is 49.3 Å². The summed E-state index contributed by atoms with van der Waals surface area (Å²) in [5.41, 5.74) is 10.9. The van der Waals surface area contributed by atoms with Gasteiger partial charge in [0.15, 0.2) is 11.2 Å². The van der Waals surface area contributed by atoms with E-state index >= 15 is 0 Å². The molecule has 6 rings (SSSR count). The predicted molar refractivity (Wildman–Crippen MR) is 141 cm³/mol. The largest absolute Gasteiger partial charge is 0.394 e. The van der Waals surface area contributed by atoms with Gasteiger partial charge in [-0.05, 0) is 12.5 Å². The highest BCUT2D eigenvalue weighted by Crippen LogP contribution is 2.63. The Morgan fingerprint density at radius 3 is 2.82 bits per heavy atom. The topological polar surface area (TPSA) is 232 Å². The van der Waals surface area contributed by atoms with Gasteiger partial charge in [-0.25, -0.2) is 15.0 Å². The van der Waals surface area contributed by atoms with Crippen molar-refractivity contribution in [3.8, 4) is 0 Å². The average molecular weight is 580 g/mol. The van der Waals surface area contributed by atoms with Gasteiger partial charge in [-0.3, -0.25) is 18.9 Å². The van der Waals surface area contributed by atoms with Gasteiger partial charge in [0.2, 0.25) is 5.95 Å². The maximum Gasteiger partial charge on any atom is 0.280 e. The first kappa shape index (κ1) is 26.2. The molecule has 6 heterocycles. The summed E-state index contributed by atoms with van der Waals surface area (Å²) in [7, 11) is 0. The van der Waals surface area contributed by atoms with E-state index in [1.807, 2.05) is 0 Å². The number of thiol groups is 1. The number of aromatic nitrogens is 7. The van der Waals surface area contributed by atoms with Gasteiger partial charge in [-0.2, -0.15) is 4.98 Å². The Kier molecular flexibility index (Phi) is 6.61. The molecule has 0 bridgehead atoms. The van der Waals surface area contributed by atoms with Crippen molar-refractivity contribution in [2.24, 2.45) is 0 Å². The van der Waals surface area contributed by atoms with Crippen LogP contribution in [-0.4, -0.2) is 81.5 Å². The smallest absolute Gasteiger partial charge is 0.280 e. The monoisotopic (exact) mass is 579 g/mol. The molecule has 7 N–H and O–H groups in total. The first-order valence-electron chi connectivity index (χ1n) is 12.0. The number of aromatic amines is 1. The number of aliphatic hydroxyl groups excluding tert-OH is 2. The highest BCUT2D eigenvalue weighted by Gasteiger charge is 2.48. The Morgan fingerprint density at radius 2 is 2.03 bits per heavy atom. The van der Waals surface area contributed by atoms with Crippen LogP contribution >= 0.6 is 18.8 Å². The van der Waals surface area contributed by atoms with Crippen LogP contribution in [0.5, 0.6) is 0 Å². The van der Waals surface area contributed by atoms with Crippen LogP contribution in [0.1, 0.15) is 25.3 Å². The van der Waals surface area contributed by atoms with E-state index in [-0.39, 0.29) is 43.2 Å². The summed E-state index contributed by atoms with van der Waals surface area (Å²) in [6, 6.07) is 1.76. The van der Waals surface area contributed by atoms with Crippen molar-refractivity contribution in [1.29, 1.82) is 0 Å². The Hall–Kier alpha value is -3.05. The molecule has 4 aromatic rings. The van der Waals surface area contributed by atoms with E-state index in [9.17, 15) is 19.6 Å². The fourth-order valence-electron chi connectivity index (χ4n) is 5.06. The van der Waals surface area contributed by atoms with E-state index in [2.05, 4.69) is 37.2 Å². The SMILES string of the molecule is Nc1nc2c(ncn2[C@@H]2OC(CO)C[C@H]2[P@](=O)(S)OCC2O[C@@H](n3ccc4c(N)ncnc43)C[C@@H]2O)c(=O)[nH]1. The van der Waals surface area contributed by atoms with Crippen molar-refractivity contribution >= 4 is 52.8 Å². The number of nitrogens with one attached hydrogen (secondary N) is 1. The highest BCUT2D eigenvalue weighted by atomic mass is 32.7. The molecule has 18 heteroatoms. The zero-order chi connectivity index (χ0) is 27.5. The number of nitrogens with zero attached hydrogens (tertiary/aromatic N) is 6. The third-order valence-corrected chi connectivity index (χ3v) is 10.1. The lowest BCUT2D eigenvalue weighted by Gasteiger charge is -2.26. The maximum absolute atomic E-state index is 13.8. The van der Waals surface area contributed by atoms with Crippen molar-refractivity contribution < 1.29 is 28.8 Å². The number of anilines is 2. The summed E-state index contributed by atoms with van der Waals surface area (Å²) in [5, 5.41) is 21.1. The molecule has 2 fully saturated rings. The van der Waals surface area contributed by atoms with Crippen LogP contribution in [0.15, 0.2) is 29.7 Å². The summed E-state index contributed by atoms with van der Waals surface area (Å²) < 4.78 is 34.7. The Balaban J connectivity index is 1.20. The number of nitrogen functional groups attached to an aromatic ring is 2. The molecular formula is C21H26N9O7PS. The third-order valence-electron chi connectivity index (χ3n) is 6.99. The lowest BCUT2D eigenvalue weighted by molar-refractivity contribution is -0.0383. The van der Waals surface area contributed by atoms with Gasteiger partial charge >= 0.3 is 0 Å². The van der Waals surface area contributed by atoms with Crippen molar-refractivity contribution in [3.63, 3.8) is 0 Å². The number of H-pyrrole nitrogens is 1. The molecule has 2 unspecified atom stereocenters. The molecule has 16 nitrogen and oxygen atoms in total. The highest BCUT2D eigenvalue weighted by molar-refractivity contribution is 8.46. The van der Waals surface area contributed by atoms with Crippen LogP contribution in [0.3, 0.4) is 0 Å². The molecule has 2 aliphatic rings. The summed E-state index contributed by atoms with van der Waals surface area (Å²) in [6.07, 6.45) is 0.871. The minimum Gasteiger partial charge on any atom is -0.394 e. The van der Waals surface area contributed by atoms with Gasteiger partial charge in [0.1, 0.15) is 36.4 Å². The molecule has 7 atom stereocenters. The molecule has 4 aromatic heterocycles. The second-order valence-corrected chi connectivity index (χ2v) is 13.1. The molecule has 0 spiro atoms. The minimum absolute atomic E-state index is 0.0204. The molecule has 0 radical (unpaired) electrons. The number of fused-ring (bicyclic) bond motifs is 2. The number of hydrogen-bond donors (Lipinski definition) is 6. The normalized spacial score (nSPS) is 28.9. The van der Waals surface area contributed by atoms with Crippen LogP contribution in [0.25, 0.3) is 22.2 Å². The van der Waals surface area contributed by atoms with Gasteiger partial charge in [-0.1, -0.05) is 12.2 Å². The third kappa shape index (κ3) is 4.59. The molecule has 0 amide bonds. The lowest BCUT2D eigenvalue weighted by Crippen LogP contribution is -2.27. The molecule has 0 aromatic carbocycles. The first-order valence-corrected chi connectivity index (χ1v) is 14.9. The number of ether oxygens (including phenoxy) is 2. The molecule has 2 aliphatic heterocycles. The van der Waals surface area contributed by atoms with E-state index in [0.717, 1.165) is 0 Å². The maximum atomic E-state index is 13.8. The van der Waals surface area contributed by atoms with Crippen LogP contribution in [0, 0.1) is 0 Å². The zero-order valence-electron chi connectivity index (χ0n) is 20.3. The number of rotatable bonds is 7. The average Bonchev–Trinajstić information content (AvgIpc) is 3.67. The van der Waals surface area contributed by atoms with Crippen molar-refractivity contribution in [1.82, 2.24) is 34.1 Å². The fourth-order valence-corrected chi connectivity index (χ4v) is 7.47. The van der Waals surface area contributed by atoms with Crippen molar-refractivity contribution in [2.75, 3.05) is 24.7 Å². The number of hydrogen-bond acceptors (Lipinski definition) is 13. The Bertz CT molecular complexity index is 1640. The molecular weight excluding hydrogens is 553 g/mol. The van der Waals surface area contributed by atoms with Crippen LogP contribution in [0.2, 0.25) is 0 Å². The van der Waals surface area contributed by atoms with Crippen LogP contribution in [0.4, 0.5) is 11.8 Å². The Morgan fingerprint density at radius 1 is 1.21 bits per heavy atom. The van der Waals surface area contributed by atoms with Gasteiger partial charge < -0.3 is 40.2 Å². The summed E-state index contributed by atoms with van der Waals surface area (Å²) in [6.45, 7) is -4.33. The summed E-state index contributed by atoms with van der Waals surface area (Å²) in [4.78, 5) is 31.1. The Labute approximate surface area is 224 Å². The van der Waals surface area contributed by atoms with Gasteiger partial charge in [0.05, 0.1) is 42.8 Å². The molecule has 2 saturated heterocycles. The van der Waals surface area contributed by atoms with Crippen LogP contribution < -0.4 is 17.0 Å². The molecule has 0 saturated carbocycles. The van der Waals surface area contributed by atoms with E-state index in [4.69, 9.17) is 25.5 Å². The second kappa shape index (κ2) is 9.85. The lowest BCUT2D eigenvalue weighted by atomic mass is 10.2. The summed E-state index contributed by atoms with van der Waals surface area (Å²) in [5.74, 6) is 0.204. The second-order valence-electron chi connectivity index (χ2n) is 9.42. The quantitative estimate of drug-likeness (QED) is 0.127. The molecule has 208 valence electrons. The van der Waals surface area contributed by atoms with E-state index in [0.29, 0.717) is 16.9 Å². The zero-order valence-corrected chi connectivity index (χ0v) is 22.1. The molecule has 39 heavy (non-hydrogen) atoms. The number of imidazole rings is 1. The minimum atomic E-state index is -3.76. The van der Waals surface area contributed by atoms with E-state index in [1.165, 1.54) is 17.2 Å². The fraction of sp³-hybridized carbons (Fsp3) is 0.476. The summed E-state index contributed by atoms with van der Waals surface area (Å²) >= 11 is 4.38.